The summed E-state index contributed by atoms with van der Waals surface area (Å²) in [6, 6.07) is 0. The summed E-state index contributed by atoms with van der Waals surface area (Å²) in [5.74, 6) is 0. The minimum atomic E-state index is 0.819. The van der Waals surface area contributed by atoms with Gasteiger partial charge < -0.3 is 4.74 Å². The molecule has 0 atom stereocenters. The van der Waals surface area contributed by atoms with Gasteiger partial charge in [-0.3, -0.25) is 4.99 Å². The van der Waals surface area contributed by atoms with Crippen molar-refractivity contribution in [2.45, 2.75) is 13.8 Å². The van der Waals surface area contributed by atoms with Crippen LogP contribution in [0.15, 0.2) is 29.4 Å². The predicted molar refractivity (Wildman–Crippen MR) is 51.1 cm³/mol. The lowest BCUT2D eigenvalue weighted by molar-refractivity contribution is 0.215. The van der Waals surface area contributed by atoms with Crippen LogP contribution in [-0.4, -0.2) is 20.4 Å². The van der Waals surface area contributed by atoms with E-state index in [1.807, 2.05) is 32.1 Å². The first-order chi connectivity index (χ1) is 5.33. The third-order valence-electron chi connectivity index (χ3n) is 0.784. The van der Waals surface area contributed by atoms with E-state index in [0.717, 1.165) is 6.61 Å². The van der Waals surface area contributed by atoms with Crippen molar-refractivity contribution < 1.29 is 4.74 Å². The van der Waals surface area contributed by atoms with Gasteiger partial charge in [-0.15, -0.1) is 0 Å². The van der Waals surface area contributed by atoms with Crippen molar-refractivity contribution in [1.82, 2.24) is 0 Å². The number of hydrogen-bond acceptors (Lipinski definition) is 2. The minimum Gasteiger partial charge on any atom is -0.385 e. The lowest BCUT2D eigenvalue weighted by Crippen LogP contribution is -1.73. The molecule has 11 heavy (non-hydrogen) atoms. The summed E-state index contributed by atoms with van der Waals surface area (Å²) >= 11 is 0. The van der Waals surface area contributed by atoms with Crippen LogP contribution >= 0.6 is 0 Å². The molecule has 0 amide bonds. The van der Waals surface area contributed by atoms with Crippen LogP contribution in [0, 0.1) is 0 Å². The van der Waals surface area contributed by atoms with Gasteiger partial charge in [0.15, 0.2) is 0 Å². The highest BCUT2D eigenvalue weighted by molar-refractivity contribution is 5.26. The highest BCUT2D eigenvalue weighted by Gasteiger charge is 1.52. The summed E-state index contributed by atoms with van der Waals surface area (Å²) in [5, 5.41) is 0. The van der Waals surface area contributed by atoms with Gasteiger partial charge in [0.1, 0.15) is 0 Å². The Labute approximate surface area is 69.3 Å². The van der Waals surface area contributed by atoms with Gasteiger partial charge >= 0.3 is 0 Å². The lowest BCUT2D eigenvalue weighted by atomic mass is 10.5. The van der Waals surface area contributed by atoms with Crippen molar-refractivity contribution in [1.29, 1.82) is 0 Å². The van der Waals surface area contributed by atoms with Crippen molar-refractivity contribution in [3.63, 3.8) is 0 Å². The van der Waals surface area contributed by atoms with Crippen molar-refractivity contribution in [3.05, 3.63) is 24.4 Å². The van der Waals surface area contributed by atoms with E-state index in [9.17, 15) is 0 Å². The second kappa shape index (κ2) is 16.1. The summed E-state index contributed by atoms with van der Waals surface area (Å²) in [6.07, 6.45) is 7.30. The zero-order valence-electron chi connectivity index (χ0n) is 7.58. The fourth-order valence-electron chi connectivity index (χ4n) is 0.222. The van der Waals surface area contributed by atoms with Crippen LogP contribution in [0.2, 0.25) is 0 Å². The highest BCUT2D eigenvalue weighted by Crippen LogP contribution is 1.73. The van der Waals surface area contributed by atoms with Crippen LogP contribution in [0.3, 0.4) is 0 Å². The molecule has 0 saturated carbocycles. The standard InChI is InChI=1S/C6H9N.C3H8O/c1-3-4-5-6-7-2;1-3-4-2/h3-6H,2H2,1H3;3H2,1-2H3/b4-3-,6-5-;. The summed E-state index contributed by atoms with van der Waals surface area (Å²) in [6.45, 7) is 7.99. The molecule has 0 radical (unpaired) electrons. The maximum atomic E-state index is 4.54. The molecule has 0 saturated heterocycles. The van der Waals surface area contributed by atoms with Gasteiger partial charge in [0.25, 0.3) is 0 Å². The van der Waals surface area contributed by atoms with Gasteiger partial charge in [-0.2, -0.15) is 0 Å². The largest absolute Gasteiger partial charge is 0.385 e. The third-order valence-corrected chi connectivity index (χ3v) is 0.784. The first-order valence-electron chi connectivity index (χ1n) is 3.56. The summed E-state index contributed by atoms with van der Waals surface area (Å²) < 4.78 is 4.54. The number of nitrogens with zero attached hydrogens (tertiary/aromatic N) is 1. The molecule has 0 spiro atoms. The molecule has 0 aromatic carbocycles. The SMILES string of the molecule is C=N/C=C\C=C/C.CCOC. The highest BCUT2D eigenvalue weighted by atomic mass is 16.5. The second-order valence-electron chi connectivity index (χ2n) is 1.63. The van der Waals surface area contributed by atoms with Crippen LogP contribution < -0.4 is 0 Å². The molecule has 0 bridgehead atoms. The molecule has 0 heterocycles. The summed E-state index contributed by atoms with van der Waals surface area (Å²) in [5.41, 5.74) is 0. The predicted octanol–water partition coefficient (Wildman–Crippen LogP) is 2.43. The monoisotopic (exact) mass is 155 g/mol. The Morgan fingerprint density at radius 1 is 1.45 bits per heavy atom. The number of aliphatic imine (C=N–C) groups is 1. The Morgan fingerprint density at radius 2 is 2.00 bits per heavy atom. The molecular weight excluding hydrogens is 138 g/mol. The molecule has 0 aromatic rings. The van der Waals surface area contributed by atoms with Gasteiger partial charge in [0, 0.05) is 19.9 Å². The molecule has 0 aliphatic heterocycles. The molecule has 0 aliphatic rings. The topological polar surface area (TPSA) is 21.6 Å². The van der Waals surface area contributed by atoms with E-state index in [1.54, 1.807) is 13.3 Å². The van der Waals surface area contributed by atoms with Crippen molar-refractivity contribution in [2.24, 2.45) is 4.99 Å². The number of hydrogen-bond donors (Lipinski definition) is 0. The van der Waals surface area contributed by atoms with Crippen LogP contribution in [0.4, 0.5) is 0 Å². The Balaban J connectivity index is 0. The molecular formula is C9H17NO. The average Bonchev–Trinajstić information content (AvgIpc) is 2.06. The molecule has 0 aromatic heterocycles. The molecule has 0 unspecified atom stereocenters. The van der Waals surface area contributed by atoms with Gasteiger partial charge in [0.2, 0.25) is 0 Å². The Hall–Kier alpha value is -0.890. The van der Waals surface area contributed by atoms with Crippen molar-refractivity contribution >= 4 is 6.72 Å². The normalized spacial score (nSPS) is 9.73. The zero-order chi connectivity index (χ0) is 8.95. The van der Waals surface area contributed by atoms with Crippen LogP contribution in [-0.2, 0) is 4.74 Å². The van der Waals surface area contributed by atoms with Gasteiger partial charge in [0.05, 0.1) is 0 Å². The molecule has 0 rings (SSSR count). The van der Waals surface area contributed by atoms with Gasteiger partial charge in [-0.1, -0.05) is 12.2 Å². The maximum Gasteiger partial charge on any atom is 0.0433 e. The number of ether oxygens (including phenoxy) is 1. The summed E-state index contributed by atoms with van der Waals surface area (Å²) in [4.78, 5) is 3.49. The Kier molecular flexibility index (Phi) is 18.6. The molecule has 64 valence electrons. The Bertz CT molecular complexity index is 115. The van der Waals surface area contributed by atoms with E-state index in [1.165, 1.54) is 0 Å². The Morgan fingerprint density at radius 3 is 2.27 bits per heavy atom. The zero-order valence-corrected chi connectivity index (χ0v) is 7.58. The smallest absolute Gasteiger partial charge is 0.0433 e. The molecule has 0 fully saturated rings. The van der Waals surface area contributed by atoms with E-state index in [4.69, 9.17) is 0 Å². The van der Waals surface area contributed by atoms with Crippen molar-refractivity contribution in [3.8, 4) is 0 Å². The van der Waals surface area contributed by atoms with E-state index in [2.05, 4.69) is 16.4 Å². The fraction of sp³-hybridized carbons (Fsp3) is 0.444. The van der Waals surface area contributed by atoms with Gasteiger partial charge in [-0.25, -0.2) is 0 Å². The van der Waals surface area contributed by atoms with E-state index in [0.29, 0.717) is 0 Å². The molecule has 0 aliphatic carbocycles. The molecule has 0 N–H and O–H groups in total. The summed E-state index contributed by atoms with van der Waals surface area (Å²) in [7, 11) is 1.68. The van der Waals surface area contributed by atoms with Gasteiger partial charge in [-0.05, 0) is 26.6 Å². The first-order valence-corrected chi connectivity index (χ1v) is 3.56. The number of methoxy groups -OCH3 is 1. The lowest BCUT2D eigenvalue weighted by Gasteiger charge is -1.76. The number of rotatable bonds is 3. The van der Waals surface area contributed by atoms with Crippen LogP contribution in [0.5, 0.6) is 0 Å². The average molecular weight is 155 g/mol. The number of allylic oxidation sites excluding steroid dienone is 3. The van der Waals surface area contributed by atoms with E-state index < -0.39 is 0 Å². The maximum absolute atomic E-state index is 4.54. The quantitative estimate of drug-likeness (QED) is 0.453. The fourth-order valence-corrected chi connectivity index (χ4v) is 0.222. The van der Waals surface area contributed by atoms with Crippen LogP contribution in [0.25, 0.3) is 0 Å². The third kappa shape index (κ3) is 27.3. The molecule has 2 heteroatoms. The molecule has 2 nitrogen and oxygen atoms in total. The second-order valence-corrected chi connectivity index (χ2v) is 1.63. The minimum absolute atomic E-state index is 0.819. The first kappa shape index (κ1) is 12.8. The van der Waals surface area contributed by atoms with E-state index in [-0.39, 0.29) is 0 Å². The van der Waals surface area contributed by atoms with Crippen molar-refractivity contribution in [2.75, 3.05) is 13.7 Å². The van der Waals surface area contributed by atoms with E-state index >= 15 is 0 Å². The van der Waals surface area contributed by atoms with Crippen LogP contribution in [0.1, 0.15) is 13.8 Å².